The minimum atomic E-state index is -0.700. The molecule has 3 aliphatic rings. The molecular weight excluding hydrogens is 777 g/mol. The number of ether oxygens (including phenoxy) is 3. The minimum Gasteiger partial charge on any atom is -0.453 e. The fourth-order valence-corrected chi connectivity index (χ4v) is 9.63. The summed E-state index contributed by atoms with van der Waals surface area (Å²) in [6.45, 7) is 6.10. The molecule has 4 aromatic carbocycles. The van der Waals surface area contributed by atoms with Gasteiger partial charge < -0.3 is 44.6 Å². The van der Waals surface area contributed by atoms with Crippen molar-refractivity contribution in [1.82, 2.24) is 40.4 Å². The standard InChI is InChI=1S/C46H52N8O7/c1-25(2)37(51-45(57)59-3)43(55)53-19-5-7-35(53)41-47-33-15-11-29-23-27(9-13-31(29)39(33)49-41)28-10-14-32-30(24-28)12-16-34-40(32)50-42(48-34)36-8-6-20-54(36)44(56)38(52-46(58)60-4)26-17-21-61-22-18-26/h9-16,23-26,35-38H,5-8,17-22H2,1-4H3,(H,47,49)(H,48,50)(H,51,57)(H,52,58)/t35-,36-,37-,38+/m0/s1. The second kappa shape index (κ2) is 16.7. The highest BCUT2D eigenvalue weighted by molar-refractivity contribution is 6.07. The Morgan fingerprint density at radius 3 is 2.00 bits per heavy atom. The van der Waals surface area contributed by atoms with E-state index >= 15 is 0 Å². The zero-order chi connectivity index (χ0) is 42.4. The Hall–Kier alpha value is -6.22. The van der Waals surface area contributed by atoms with Crippen molar-refractivity contribution in [3.63, 3.8) is 0 Å². The number of H-pyrrole nitrogens is 2. The Morgan fingerprint density at radius 2 is 1.33 bits per heavy atom. The van der Waals surface area contributed by atoms with Gasteiger partial charge in [0, 0.05) is 37.1 Å². The van der Waals surface area contributed by atoms with Gasteiger partial charge in [-0.2, -0.15) is 0 Å². The fourth-order valence-electron chi connectivity index (χ4n) is 9.63. The highest BCUT2D eigenvalue weighted by Crippen LogP contribution is 2.38. The van der Waals surface area contributed by atoms with Gasteiger partial charge in [-0.3, -0.25) is 9.59 Å². The van der Waals surface area contributed by atoms with Crippen molar-refractivity contribution in [2.24, 2.45) is 11.8 Å². The highest BCUT2D eigenvalue weighted by Gasteiger charge is 2.41. The number of benzene rings is 4. The van der Waals surface area contributed by atoms with Crippen LogP contribution < -0.4 is 10.6 Å². The monoisotopic (exact) mass is 828 g/mol. The topological polar surface area (TPSA) is 184 Å². The van der Waals surface area contributed by atoms with Crippen LogP contribution in [-0.4, -0.2) is 106 Å². The molecule has 0 unspecified atom stereocenters. The van der Waals surface area contributed by atoms with Crippen LogP contribution in [0.15, 0.2) is 60.7 Å². The maximum atomic E-state index is 14.1. The van der Waals surface area contributed by atoms with E-state index in [4.69, 9.17) is 24.2 Å². The molecule has 15 heteroatoms. The SMILES string of the molecule is COC(=O)N[C@H](C(=O)N1CCC[C@H]1c1nc2ccc3cc(-c4ccc5c(ccc6[nH]c([C@@H]7CCCN7C(=O)[C@H](NC(=O)OC)C7CCOCC7)nc65)c4)ccc3c2[nH]1)C(C)C. The van der Waals surface area contributed by atoms with Crippen molar-refractivity contribution in [1.29, 1.82) is 0 Å². The normalized spacial score (nSPS) is 19.6. The summed E-state index contributed by atoms with van der Waals surface area (Å²) in [6.07, 6.45) is 3.37. The number of carbonyl (C=O) groups excluding carboxylic acids is 4. The van der Waals surface area contributed by atoms with Crippen LogP contribution in [0.3, 0.4) is 0 Å². The first-order chi connectivity index (χ1) is 29.6. The summed E-state index contributed by atoms with van der Waals surface area (Å²) in [5.74, 6) is 1.08. The number of alkyl carbamates (subject to hydrolysis) is 2. The number of amides is 4. The Bertz CT molecular complexity index is 2650. The van der Waals surface area contributed by atoms with Gasteiger partial charge in [-0.1, -0.05) is 50.2 Å². The van der Waals surface area contributed by atoms with E-state index in [9.17, 15) is 19.2 Å². The van der Waals surface area contributed by atoms with Gasteiger partial charge in [0.05, 0.1) is 48.4 Å². The van der Waals surface area contributed by atoms with Crippen LogP contribution in [0, 0.1) is 11.8 Å². The molecule has 0 aliphatic carbocycles. The number of methoxy groups -OCH3 is 2. The Labute approximate surface area is 352 Å². The molecule has 15 nitrogen and oxygen atoms in total. The lowest BCUT2D eigenvalue weighted by Gasteiger charge is -2.34. The molecule has 4 N–H and O–H groups in total. The number of aromatic amines is 2. The summed E-state index contributed by atoms with van der Waals surface area (Å²) < 4.78 is 15.2. The lowest BCUT2D eigenvalue weighted by molar-refractivity contribution is -0.137. The van der Waals surface area contributed by atoms with Crippen LogP contribution in [0.4, 0.5) is 9.59 Å². The number of hydrogen-bond donors (Lipinski definition) is 4. The summed E-state index contributed by atoms with van der Waals surface area (Å²) in [4.78, 5) is 73.2. The molecule has 3 aliphatic heterocycles. The van der Waals surface area contributed by atoms with Crippen molar-refractivity contribution in [3.05, 3.63) is 72.3 Å². The second-order valence-electron chi connectivity index (χ2n) is 16.8. The average Bonchev–Trinajstić information content (AvgIpc) is 4.12. The number of carbonyl (C=O) groups is 4. The molecule has 0 bridgehead atoms. The zero-order valence-corrected chi connectivity index (χ0v) is 35.0. The number of aromatic nitrogens is 4. The lowest BCUT2D eigenvalue weighted by Crippen LogP contribution is -2.53. The number of imidazole rings is 2. The van der Waals surface area contributed by atoms with Gasteiger partial charge in [-0.05, 0) is 96.5 Å². The number of fused-ring (bicyclic) bond motifs is 6. The molecule has 61 heavy (non-hydrogen) atoms. The fraction of sp³-hybridized carbons (Fsp3) is 0.435. The van der Waals surface area contributed by atoms with Gasteiger partial charge in [0.15, 0.2) is 0 Å². The van der Waals surface area contributed by atoms with Gasteiger partial charge in [-0.25, -0.2) is 19.6 Å². The summed E-state index contributed by atoms with van der Waals surface area (Å²) >= 11 is 0. The molecular formula is C46H52N8O7. The second-order valence-corrected chi connectivity index (χ2v) is 16.8. The molecule has 6 aromatic rings. The van der Waals surface area contributed by atoms with E-state index in [0.29, 0.717) is 39.1 Å². The van der Waals surface area contributed by atoms with E-state index < -0.39 is 24.3 Å². The molecule has 3 saturated heterocycles. The third kappa shape index (κ3) is 7.60. The van der Waals surface area contributed by atoms with E-state index in [1.165, 1.54) is 14.2 Å². The molecule has 4 amide bonds. The molecule has 4 atom stereocenters. The minimum absolute atomic E-state index is 0.0353. The number of nitrogens with one attached hydrogen (secondary N) is 4. The third-order valence-electron chi connectivity index (χ3n) is 12.9. The van der Waals surface area contributed by atoms with Crippen molar-refractivity contribution < 1.29 is 33.4 Å². The lowest BCUT2D eigenvalue weighted by atomic mass is 9.90. The van der Waals surface area contributed by atoms with Crippen molar-refractivity contribution in [2.45, 2.75) is 76.5 Å². The Balaban J connectivity index is 0.963. The van der Waals surface area contributed by atoms with Crippen molar-refractivity contribution in [2.75, 3.05) is 40.5 Å². The molecule has 318 valence electrons. The van der Waals surface area contributed by atoms with Crippen LogP contribution >= 0.6 is 0 Å². The highest BCUT2D eigenvalue weighted by atomic mass is 16.5. The molecule has 0 saturated carbocycles. The summed E-state index contributed by atoms with van der Waals surface area (Å²) in [7, 11) is 2.61. The number of rotatable bonds is 9. The van der Waals surface area contributed by atoms with E-state index in [2.05, 4.69) is 69.1 Å². The molecule has 9 rings (SSSR count). The summed E-state index contributed by atoms with van der Waals surface area (Å²) in [6, 6.07) is 19.3. The number of likely N-dealkylation sites (tertiary alicyclic amines) is 2. The number of hydrogen-bond acceptors (Lipinski definition) is 9. The van der Waals surface area contributed by atoms with Gasteiger partial charge >= 0.3 is 12.2 Å². The zero-order valence-electron chi connectivity index (χ0n) is 35.0. The summed E-state index contributed by atoms with van der Waals surface area (Å²) in [5.41, 5.74) is 5.65. The smallest absolute Gasteiger partial charge is 0.407 e. The van der Waals surface area contributed by atoms with Crippen molar-refractivity contribution in [3.8, 4) is 11.1 Å². The molecule has 0 spiro atoms. The van der Waals surface area contributed by atoms with Gasteiger partial charge in [0.25, 0.3) is 0 Å². The van der Waals surface area contributed by atoms with Gasteiger partial charge in [-0.15, -0.1) is 0 Å². The van der Waals surface area contributed by atoms with Gasteiger partial charge in [0.1, 0.15) is 23.7 Å². The molecule has 5 heterocycles. The molecule has 3 fully saturated rings. The third-order valence-corrected chi connectivity index (χ3v) is 12.9. The van der Waals surface area contributed by atoms with Crippen LogP contribution in [0.2, 0.25) is 0 Å². The van der Waals surface area contributed by atoms with Gasteiger partial charge in [0.2, 0.25) is 11.8 Å². The van der Waals surface area contributed by atoms with E-state index in [-0.39, 0.29) is 35.7 Å². The van der Waals surface area contributed by atoms with Crippen LogP contribution in [0.5, 0.6) is 0 Å². The first-order valence-corrected chi connectivity index (χ1v) is 21.3. The average molecular weight is 829 g/mol. The quantitative estimate of drug-likeness (QED) is 0.116. The van der Waals surface area contributed by atoms with E-state index in [0.717, 1.165) is 92.1 Å². The largest absolute Gasteiger partial charge is 0.453 e. The van der Waals surface area contributed by atoms with Crippen LogP contribution in [-0.2, 0) is 23.8 Å². The predicted molar refractivity (Wildman–Crippen MR) is 231 cm³/mol. The maximum absolute atomic E-state index is 14.1. The number of nitrogens with zero attached hydrogens (tertiary/aromatic N) is 4. The Morgan fingerprint density at radius 1 is 0.721 bits per heavy atom. The Kier molecular flexibility index (Phi) is 11.0. The van der Waals surface area contributed by atoms with E-state index in [1.807, 2.05) is 35.8 Å². The van der Waals surface area contributed by atoms with Crippen LogP contribution in [0.25, 0.3) is 54.7 Å². The van der Waals surface area contributed by atoms with E-state index in [1.54, 1.807) is 0 Å². The predicted octanol–water partition coefficient (Wildman–Crippen LogP) is 7.27. The maximum Gasteiger partial charge on any atom is 0.407 e. The van der Waals surface area contributed by atoms with Crippen LogP contribution in [0.1, 0.15) is 76.1 Å². The first kappa shape index (κ1) is 40.2. The van der Waals surface area contributed by atoms with Crippen molar-refractivity contribution >= 4 is 67.6 Å². The molecule has 2 aromatic heterocycles. The molecule has 0 radical (unpaired) electrons. The first-order valence-electron chi connectivity index (χ1n) is 21.3. The summed E-state index contributed by atoms with van der Waals surface area (Å²) in [5, 5.41) is 9.72.